The molecule has 7 nitrogen and oxygen atoms in total. The molecule has 0 radical (unpaired) electrons. The molecule has 0 amide bonds. The van der Waals surface area contributed by atoms with Crippen LogP contribution < -0.4 is 10.6 Å². The monoisotopic (exact) mass is 265 g/mol. The molecule has 0 aromatic carbocycles. The van der Waals surface area contributed by atoms with Gasteiger partial charge in [-0.2, -0.15) is 10.4 Å². The maximum atomic E-state index is 11.8. The van der Waals surface area contributed by atoms with E-state index in [1.807, 2.05) is 24.8 Å². The quantitative estimate of drug-likeness (QED) is 0.771. The molecule has 1 heterocycles. The predicted octanol–water partition coefficient (Wildman–Crippen LogP) is 1.01. The molecule has 104 valence electrons. The number of carbonyl (C=O) groups is 1. The summed E-state index contributed by atoms with van der Waals surface area (Å²) in [5.41, 5.74) is 6.20. The van der Waals surface area contributed by atoms with Crippen LogP contribution in [0.2, 0.25) is 0 Å². The fraction of sp³-hybridized carbons (Fsp3) is 0.583. The van der Waals surface area contributed by atoms with E-state index < -0.39 is 5.97 Å². The van der Waals surface area contributed by atoms with Crippen LogP contribution in [0.15, 0.2) is 0 Å². The molecule has 0 unspecified atom stereocenters. The first-order chi connectivity index (χ1) is 9.10. The number of nitrogens with zero attached hydrogens (tertiary/aromatic N) is 4. The van der Waals surface area contributed by atoms with Gasteiger partial charge in [0.2, 0.25) is 0 Å². The standard InChI is InChI=1S/C12H19N5O2/c1-4-16(5-2)11-9(12(18)19-3)10(14)17(15-11)8-6-7-13/h4-6,8,14H2,1-3H3. The van der Waals surface area contributed by atoms with E-state index >= 15 is 0 Å². The summed E-state index contributed by atoms with van der Waals surface area (Å²) < 4.78 is 6.23. The summed E-state index contributed by atoms with van der Waals surface area (Å²) in [6.07, 6.45) is 0.282. The maximum Gasteiger partial charge on any atom is 0.345 e. The molecule has 19 heavy (non-hydrogen) atoms. The molecule has 0 saturated carbocycles. The minimum atomic E-state index is -0.511. The lowest BCUT2D eigenvalue weighted by Gasteiger charge is -2.18. The number of ether oxygens (including phenoxy) is 1. The maximum absolute atomic E-state index is 11.8. The highest BCUT2D eigenvalue weighted by atomic mass is 16.5. The molecule has 0 bridgehead atoms. The first-order valence-electron chi connectivity index (χ1n) is 6.17. The largest absolute Gasteiger partial charge is 0.465 e. The van der Waals surface area contributed by atoms with Crippen LogP contribution in [0.4, 0.5) is 11.6 Å². The van der Waals surface area contributed by atoms with E-state index in [0.29, 0.717) is 25.5 Å². The van der Waals surface area contributed by atoms with Crippen LogP contribution in [0.1, 0.15) is 30.6 Å². The third-order valence-corrected chi connectivity index (χ3v) is 2.86. The number of aryl methyl sites for hydroxylation is 1. The normalized spacial score (nSPS) is 10.0. The lowest BCUT2D eigenvalue weighted by atomic mass is 10.2. The van der Waals surface area contributed by atoms with Crippen molar-refractivity contribution >= 4 is 17.6 Å². The van der Waals surface area contributed by atoms with E-state index in [1.54, 1.807) is 0 Å². The van der Waals surface area contributed by atoms with Crippen molar-refractivity contribution in [3.05, 3.63) is 5.56 Å². The van der Waals surface area contributed by atoms with Crippen molar-refractivity contribution in [3.63, 3.8) is 0 Å². The number of anilines is 2. The lowest BCUT2D eigenvalue weighted by molar-refractivity contribution is 0.0602. The Morgan fingerprint density at radius 1 is 1.53 bits per heavy atom. The molecule has 0 aliphatic heterocycles. The van der Waals surface area contributed by atoms with Gasteiger partial charge in [-0.3, -0.25) is 0 Å². The topological polar surface area (TPSA) is 97.2 Å². The summed E-state index contributed by atoms with van der Waals surface area (Å²) in [6.45, 7) is 5.70. The summed E-state index contributed by atoms with van der Waals surface area (Å²) in [4.78, 5) is 13.8. The highest BCUT2D eigenvalue weighted by molar-refractivity contribution is 5.99. The van der Waals surface area contributed by atoms with Crippen LogP contribution in [-0.2, 0) is 11.3 Å². The van der Waals surface area contributed by atoms with E-state index in [0.717, 1.165) is 0 Å². The third kappa shape index (κ3) is 2.96. The fourth-order valence-corrected chi connectivity index (χ4v) is 1.83. The van der Waals surface area contributed by atoms with Gasteiger partial charge in [-0.05, 0) is 13.8 Å². The smallest absolute Gasteiger partial charge is 0.345 e. The Morgan fingerprint density at radius 2 is 2.16 bits per heavy atom. The van der Waals surface area contributed by atoms with Gasteiger partial charge in [-0.15, -0.1) is 0 Å². The highest BCUT2D eigenvalue weighted by Gasteiger charge is 2.25. The van der Waals surface area contributed by atoms with Gasteiger partial charge in [0.25, 0.3) is 0 Å². The fourth-order valence-electron chi connectivity index (χ4n) is 1.83. The number of nitrogens with two attached hydrogens (primary N) is 1. The van der Waals surface area contributed by atoms with Gasteiger partial charge >= 0.3 is 5.97 Å². The van der Waals surface area contributed by atoms with E-state index in [1.165, 1.54) is 11.8 Å². The molecule has 1 rings (SSSR count). The Balaban J connectivity index is 3.27. The van der Waals surface area contributed by atoms with Crippen molar-refractivity contribution in [2.24, 2.45) is 0 Å². The molecular formula is C12H19N5O2. The van der Waals surface area contributed by atoms with Gasteiger partial charge in [-0.1, -0.05) is 0 Å². The molecule has 0 spiro atoms. The number of nitrogen functional groups attached to an aromatic ring is 1. The summed E-state index contributed by atoms with van der Waals surface area (Å²) in [5, 5.41) is 12.9. The van der Waals surface area contributed by atoms with Crippen LogP contribution in [0, 0.1) is 11.3 Å². The number of methoxy groups -OCH3 is 1. The molecule has 7 heteroatoms. The van der Waals surface area contributed by atoms with Crippen LogP contribution in [0.25, 0.3) is 0 Å². The second-order valence-electron chi connectivity index (χ2n) is 3.88. The first kappa shape index (κ1) is 14.8. The summed E-state index contributed by atoms with van der Waals surface area (Å²) in [5.74, 6) is 0.235. The van der Waals surface area contributed by atoms with E-state index in [-0.39, 0.29) is 17.8 Å². The van der Waals surface area contributed by atoms with Gasteiger partial charge in [0.05, 0.1) is 26.1 Å². The minimum Gasteiger partial charge on any atom is -0.465 e. The van der Waals surface area contributed by atoms with Crippen molar-refractivity contribution < 1.29 is 9.53 Å². The zero-order chi connectivity index (χ0) is 14.4. The highest BCUT2D eigenvalue weighted by Crippen LogP contribution is 2.26. The molecule has 1 aromatic rings. The van der Waals surface area contributed by atoms with E-state index in [9.17, 15) is 4.79 Å². The van der Waals surface area contributed by atoms with Crippen molar-refractivity contribution in [1.82, 2.24) is 9.78 Å². The van der Waals surface area contributed by atoms with Crippen LogP contribution in [0.3, 0.4) is 0 Å². The molecule has 0 fully saturated rings. The van der Waals surface area contributed by atoms with Gasteiger partial charge in [0, 0.05) is 13.1 Å². The van der Waals surface area contributed by atoms with Gasteiger partial charge in [0.15, 0.2) is 5.82 Å². The first-order valence-corrected chi connectivity index (χ1v) is 6.17. The SMILES string of the molecule is CCN(CC)c1nn(CCC#N)c(N)c1C(=O)OC. The lowest BCUT2D eigenvalue weighted by Crippen LogP contribution is -2.24. The minimum absolute atomic E-state index is 0.240. The molecule has 2 N–H and O–H groups in total. The summed E-state index contributed by atoms with van der Waals surface area (Å²) in [7, 11) is 1.31. The second-order valence-corrected chi connectivity index (χ2v) is 3.88. The van der Waals surface area contributed by atoms with Gasteiger partial charge in [-0.25, -0.2) is 9.48 Å². The Bertz CT molecular complexity index is 485. The number of nitriles is 1. The Hall–Kier alpha value is -2.23. The average Bonchev–Trinajstić information content (AvgIpc) is 2.74. The Labute approximate surface area is 112 Å². The molecule has 0 saturated heterocycles. The van der Waals surface area contributed by atoms with E-state index in [2.05, 4.69) is 5.10 Å². The summed E-state index contributed by atoms with van der Waals surface area (Å²) in [6, 6.07) is 2.03. The number of esters is 1. The molecular weight excluding hydrogens is 246 g/mol. The number of hydrogen-bond acceptors (Lipinski definition) is 6. The third-order valence-electron chi connectivity index (χ3n) is 2.86. The number of carbonyl (C=O) groups excluding carboxylic acids is 1. The van der Waals surface area contributed by atoms with Gasteiger partial charge in [0.1, 0.15) is 11.4 Å². The number of rotatable bonds is 6. The Kier molecular flexibility index (Phi) is 5.18. The zero-order valence-electron chi connectivity index (χ0n) is 11.5. The molecule has 1 aromatic heterocycles. The summed E-state index contributed by atoms with van der Waals surface area (Å²) >= 11 is 0. The second kappa shape index (κ2) is 6.64. The van der Waals surface area contributed by atoms with Crippen LogP contribution in [-0.4, -0.2) is 35.9 Å². The molecule has 0 aliphatic rings. The van der Waals surface area contributed by atoms with Crippen molar-refractivity contribution in [2.75, 3.05) is 30.8 Å². The van der Waals surface area contributed by atoms with E-state index in [4.69, 9.17) is 15.7 Å². The number of hydrogen-bond donors (Lipinski definition) is 1. The average molecular weight is 265 g/mol. The van der Waals surface area contributed by atoms with Crippen molar-refractivity contribution in [1.29, 1.82) is 5.26 Å². The van der Waals surface area contributed by atoms with Crippen LogP contribution in [0.5, 0.6) is 0 Å². The Morgan fingerprint density at radius 3 is 2.63 bits per heavy atom. The molecule has 0 aliphatic carbocycles. The zero-order valence-corrected chi connectivity index (χ0v) is 11.5. The van der Waals surface area contributed by atoms with Gasteiger partial charge < -0.3 is 15.4 Å². The van der Waals surface area contributed by atoms with Crippen molar-refractivity contribution in [2.45, 2.75) is 26.8 Å². The number of aromatic nitrogens is 2. The predicted molar refractivity (Wildman–Crippen MR) is 71.8 cm³/mol. The van der Waals surface area contributed by atoms with Crippen LogP contribution >= 0.6 is 0 Å². The molecule has 0 atom stereocenters. The van der Waals surface area contributed by atoms with Crippen molar-refractivity contribution in [3.8, 4) is 6.07 Å².